The summed E-state index contributed by atoms with van der Waals surface area (Å²) in [7, 11) is 1.60. The van der Waals surface area contributed by atoms with Crippen LogP contribution in [0.4, 0.5) is 5.69 Å². The maximum absolute atomic E-state index is 14.0. The fraction of sp³-hybridized carbons (Fsp3) is 0.0968. The first-order valence-corrected chi connectivity index (χ1v) is 13.5. The van der Waals surface area contributed by atoms with E-state index in [9.17, 15) is 9.59 Å². The standard InChI is InChI=1S/C31H25N5O3S/c1-19-26(29(37)34-23-11-7-4-8-12-23)28(21-13-15-24(39-2)16-14-21)36-30(38)25(40-31(36)33-19)17-22-18-32-35-27(22)20-9-5-3-6-10-20/h3-18,28H,1-2H3,(H,32,35)(H,34,37)/b25-17+/t28-/m0/s1. The Balaban J connectivity index is 1.50. The molecule has 0 unspecified atom stereocenters. The summed E-state index contributed by atoms with van der Waals surface area (Å²) in [4.78, 5) is 32.9. The number of hydrogen-bond donors (Lipinski definition) is 2. The molecule has 198 valence electrons. The number of rotatable bonds is 6. The number of amides is 1. The zero-order chi connectivity index (χ0) is 27.6. The molecule has 8 nitrogen and oxygen atoms in total. The average molecular weight is 548 g/mol. The van der Waals surface area contributed by atoms with E-state index in [-0.39, 0.29) is 11.5 Å². The zero-order valence-electron chi connectivity index (χ0n) is 21.8. The van der Waals surface area contributed by atoms with Crippen molar-refractivity contribution in [3.05, 3.63) is 133 Å². The summed E-state index contributed by atoms with van der Waals surface area (Å²) < 4.78 is 7.44. The number of carbonyl (C=O) groups is 1. The Labute approximate surface area is 233 Å². The number of aromatic nitrogens is 3. The Kier molecular flexibility index (Phi) is 6.71. The van der Waals surface area contributed by atoms with Gasteiger partial charge in [0, 0.05) is 16.8 Å². The van der Waals surface area contributed by atoms with E-state index in [2.05, 4.69) is 15.5 Å². The van der Waals surface area contributed by atoms with Crippen LogP contribution in [-0.2, 0) is 4.79 Å². The number of para-hydroxylation sites is 1. The van der Waals surface area contributed by atoms with Crippen molar-refractivity contribution in [2.75, 3.05) is 12.4 Å². The Morgan fingerprint density at radius 2 is 1.73 bits per heavy atom. The first-order valence-electron chi connectivity index (χ1n) is 12.6. The molecule has 2 aromatic heterocycles. The number of H-pyrrole nitrogens is 1. The summed E-state index contributed by atoms with van der Waals surface area (Å²) in [6.07, 6.45) is 3.52. The van der Waals surface area contributed by atoms with Gasteiger partial charge in [-0.15, -0.1) is 0 Å². The molecule has 2 N–H and O–H groups in total. The van der Waals surface area contributed by atoms with Crippen LogP contribution in [0.1, 0.15) is 24.1 Å². The molecule has 1 amide bonds. The summed E-state index contributed by atoms with van der Waals surface area (Å²) >= 11 is 1.29. The Morgan fingerprint density at radius 3 is 2.42 bits per heavy atom. The van der Waals surface area contributed by atoms with Gasteiger partial charge >= 0.3 is 0 Å². The van der Waals surface area contributed by atoms with Crippen LogP contribution in [0.25, 0.3) is 17.3 Å². The normalized spacial score (nSPS) is 14.9. The Bertz CT molecular complexity index is 1900. The van der Waals surface area contributed by atoms with Crippen LogP contribution in [0.2, 0.25) is 0 Å². The number of benzene rings is 3. The lowest BCUT2D eigenvalue weighted by atomic mass is 9.95. The average Bonchev–Trinajstić information content (AvgIpc) is 3.57. The van der Waals surface area contributed by atoms with Crippen molar-refractivity contribution in [1.82, 2.24) is 14.8 Å². The third kappa shape index (κ3) is 4.67. The molecule has 3 aromatic carbocycles. The predicted molar refractivity (Wildman–Crippen MR) is 156 cm³/mol. The highest BCUT2D eigenvalue weighted by molar-refractivity contribution is 7.07. The molecule has 40 heavy (non-hydrogen) atoms. The minimum atomic E-state index is -0.675. The van der Waals surface area contributed by atoms with Gasteiger partial charge in [0.25, 0.3) is 11.5 Å². The van der Waals surface area contributed by atoms with Crippen molar-refractivity contribution < 1.29 is 9.53 Å². The fourth-order valence-electron chi connectivity index (χ4n) is 4.82. The van der Waals surface area contributed by atoms with E-state index in [1.165, 1.54) is 11.3 Å². The van der Waals surface area contributed by atoms with Crippen LogP contribution >= 0.6 is 11.3 Å². The van der Waals surface area contributed by atoms with Gasteiger partial charge in [-0.25, -0.2) is 4.99 Å². The molecule has 1 aliphatic heterocycles. The Hall–Kier alpha value is -5.02. The first-order chi connectivity index (χ1) is 19.5. The molecule has 3 heterocycles. The molecule has 0 aliphatic carbocycles. The lowest BCUT2D eigenvalue weighted by molar-refractivity contribution is -0.113. The van der Waals surface area contributed by atoms with E-state index >= 15 is 0 Å². The highest BCUT2D eigenvalue weighted by Crippen LogP contribution is 2.32. The number of ether oxygens (including phenoxy) is 1. The minimum absolute atomic E-state index is 0.234. The number of anilines is 1. The van der Waals surface area contributed by atoms with Crippen molar-refractivity contribution >= 4 is 29.0 Å². The minimum Gasteiger partial charge on any atom is -0.497 e. The van der Waals surface area contributed by atoms with Gasteiger partial charge in [-0.3, -0.25) is 19.3 Å². The molecular formula is C31H25N5O3S. The summed E-state index contributed by atoms with van der Waals surface area (Å²) in [6, 6.07) is 25.8. The Morgan fingerprint density at radius 1 is 1.02 bits per heavy atom. The second-order valence-corrected chi connectivity index (χ2v) is 10.3. The first kappa shape index (κ1) is 25.3. The molecular weight excluding hydrogens is 522 g/mol. The van der Waals surface area contributed by atoms with Crippen LogP contribution in [0.3, 0.4) is 0 Å². The van der Waals surface area contributed by atoms with E-state index in [1.807, 2.05) is 91.0 Å². The zero-order valence-corrected chi connectivity index (χ0v) is 22.6. The van der Waals surface area contributed by atoms with Crippen LogP contribution in [0.15, 0.2) is 112 Å². The highest BCUT2D eigenvalue weighted by Gasteiger charge is 2.32. The monoisotopic (exact) mass is 547 g/mol. The van der Waals surface area contributed by atoms with Gasteiger partial charge in [-0.1, -0.05) is 72.0 Å². The van der Waals surface area contributed by atoms with E-state index in [1.54, 1.807) is 24.8 Å². The van der Waals surface area contributed by atoms with Crippen molar-refractivity contribution in [2.45, 2.75) is 13.0 Å². The number of carbonyl (C=O) groups excluding carboxylic acids is 1. The number of aromatic amines is 1. The predicted octanol–water partition coefficient (Wildman–Crippen LogP) is 4.27. The van der Waals surface area contributed by atoms with E-state index in [4.69, 9.17) is 9.73 Å². The van der Waals surface area contributed by atoms with Gasteiger partial charge in [0.05, 0.1) is 40.8 Å². The molecule has 0 saturated heterocycles. The van der Waals surface area contributed by atoms with Gasteiger partial charge in [0.1, 0.15) is 5.75 Å². The molecule has 0 radical (unpaired) electrons. The SMILES string of the molecule is COc1ccc([C@H]2C(C(=O)Nc3ccccc3)=C(C)N=c3s/c(=C/c4cn[nH]c4-c4ccccc4)c(=O)n32)cc1. The van der Waals surface area contributed by atoms with Crippen molar-refractivity contribution in [3.63, 3.8) is 0 Å². The molecule has 1 aliphatic rings. The summed E-state index contributed by atoms with van der Waals surface area (Å²) in [5, 5.41) is 10.2. The second-order valence-electron chi connectivity index (χ2n) is 9.24. The lowest BCUT2D eigenvalue weighted by Gasteiger charge is -2.25. The number of hydrogen-bond acceptors (Lipinski definition) is 6. The quantitative estimate of drug-likeness (QED) is 0.332. The molecule has 6 rings (SSSR count). The van der Waals surface area contributed by atoms with Crippen LogP contribution in [-0.4, -0.2) is 27.8 Å². The van der Waals surface area contributed by atoms with Crippen molar-refractivity contribution in [3.8, 4) is 17.0 Å². The second kappa shape index (κ2) is 10.6. The van der Waals surface area contributed by atoms with Gasteiger partial charge in [0.2, 0.25) is 0 Å². The number of nitrogens with one attached hydrogen (secondary N) is 2. The van der Waals surface area contributed by atoms with Crippen LogP contribution < -0.4 is 24.9 Å². The number of thiazole rings is 1. The van der Waals surface area contributed by atoms with Crippen LogP contribution in [0.5, 0.6) is 5.75 Å². The molecule has 0 fully saturated rings. The molecule has 0 saturated carbocycles. The van der Waals surface area contributed by atoms with E-state index in [0.717, 1.165) is 22.4 Å². The summed E-state index contributed by atoms with van der Waals surface area (Å²) in [5.41, 5.74) is 4.72. The molecule has 0 spiro atoms. The van der Waals surface area contributed by atoms with Gasteiger partial charge in [0.15, 0.2) is 4.80 Å². The summed E-state index contributed by atoms with van der Waals surface area (Å²) in [5.74, 6) is 0.365. The number of nitrogens with zero attached hydrogens (tertiary/aromatic N) is 3. The topological polar surface area (TPSA) is 101 Å². The molecule has 1 atom stereocenters. The van der Waals surface area contributed by atoms with Gasteiger partial charge < -0.3 is 10.1 Å². The molecule has 0 bridgehead atoms. The number of methoxy groups -OCH3 is 1. The largest absolute Gasteiger partial charge is 0.497 e. The number of allylic oxidation sites excluding steroid dienone is 1. The summed E-state index contributed by atoms with van der Waals surface area (Å²) in [6.45, 7) is 1.80. The van der Waals surface area contributed by atoms with Crippen molar-refractivity contribution in [2.24, 2.45) is 4.99 Å². The van der Waals surface area contributed by atoms with Gasteiger partial charge in [-0.2, -0.15) is 5.10 Å². The van der Waals surface area contributed by atoms with E-state index < -0.39 is 6.04 Å². The van der Waals surface area contributed by atoms with Crippen molar-refractivity contribution in [1.29, 1.82) is 0 Å². The smallest absolute Gasteiger partial charge is 0.271 e. The van der Waals surface area contributed by atoms with Gasteiger partial charge in [-0.05, 0) is 42.8 Å². The van der Waals surface area contributed by atoms with Crippen LogP contribution in [0, 0.1) is 0 Å². The van der Waals surface area contributed by atoms with E-state index in [0.29, 0.717) is 32.0 Å². The maximum atomic E-state index is 14.0. The highest BCUT2D eigenvalue weighted by atomic mass is 32.1. The maximum Gasteiger partial charge on any atom is 0.271 e. The molecule has 9 heteroatoms. The fourth-order valence-corrected chi connectivity index (χ4v) is 5.85. The number of fused-ring (bicyclic) bond motifs is 1. The lowest BCUT2D eigenvalue weighted by Crippen LogP contribution is -2.40. The third-order valence-electron chi connectivity index (χ3n) is 6.75. The molecule has 5 aromatic rings. The third-order valence-corrected chi connectivity index (χ3v) is 7.73.